The molecule has 0 spiro atoms. The van der Waals surface area contributed by atoms with Crippen LogP contribution < -0.4 is 4.90 Å². The third-order valence-corrected chi connectivity index (χ3v) is 10.7. The molecule has 3 nitrogen and oxygen atoms in total. The summed E-state index contributed by atoms with van der Waals surface area (Å²) >= 11 is 0. The van der Waals surface area contributed by atoms with Crippen LogP contribution in [0.2, 0.25) is 0 Å². The fraction of sp³-hybridized carbons (Fsp3) is 0. The predicted molar refractivity (Wildman–Crippen MR) is 231 cm³/mol. The van der Waals surface area contributed by atoms with Gasteiger partial charge in [-0.3, -0.25) is 0 Å². The molecule has 11 aromatic rings. The lowest BCUT2D eigenvalue weighted by Gasteiger charge is -2.28. The summed E-state index contributed by atoms with van der Waals surface area (Å²) in [4.78, 5) is 2.27. The SMILES string of the molecule is [2H]c1c([2H])c([2H])c(-n2c3ccccc3c3c(N(c4ccc(-c5ccc6ccccc6c5)cc4)c4ccc(-c5ccccc5)c5oc6ccccc6c45)cccc32)c([2H])c1[2H]. The van der Waals surface area contributed by atoms with Gasteiger partial charge in [0.1, 0.15) is 11.2 Å². The highest BCUT2D eigenvalue weighted by Gasteiger charge is 2.25. The summed E-state index contributed by atoms with van der Waals surface area (Å²) < 4.78 is 52.1. The van der Waals surface area contributed by atoms with Gasteiger partial charge in [-0.1, -0.05) is 139 Å². The summed E-state index contributed by atoms with van der Waals surface area (Å²) in [5, 5.41) is 6.04. The van der Waals surface area contributed by atoms with E-state index in [1.807, 2.05) is 77.4 Å². The zero-order valence-corrected chi connectivity index (χ0v) is 29.5. The quantitative estimate of drug-likeness (QED) is 0.172. The second-order valence-electron chi connectivity index (χ2n) is 13.7. The Kier molecular flexibility index (Phi) is 6.07. The van der Waals surface area contributed by atoms with Crippen LogP contribution in [-0.4, -0.2) is 4.57 Å². The van der Waals surface area contributed by atoms with Crippen molar-refractivity contribution < 1.29 is 11.3 Å². The summed E-state index contributed by atoms with van der Waals surface area (Å²) in [5.41, 5.74) is 9.97. The molecule has 258 valence electrons. The molecule has 0 aliphatic carbocycles. The first-order valence-corrected chi connectivity index (χ1v) is 18.4. The molecule has 0 radical (unpaired) electrons. The maximum atomic E-state index is 9.03. The van der Waals surface area contributed by atoms with Gasteiger partial charge >= 0.3 is 0 Å². The third-order valence-electron chi connectivity index (χ3n) is 10.7. The number of aromatic nitrogens is 1. The molecule has 9 aromatic carbocycles. The topological polar surface area (TPSA) is 21.3 Å². The van der Waals surface area contributed by atoms with Crippen LogP contribution in [0.1, 0.15) is 6.85 Å². The summed E-state index contributed by atoms with van der Waals surface area (Å²) in [6.45, 7) is 0. The number of rotatable bonds is 6. The van der Waals surface area contributed by atoms with Crippen LogP contribution in [0, 0.1) is 0 Å². The van der Waals surface area contributed by atoms with Crippen LogP contribution >= 0.6 is 0 Å². The van der Waals surface area contributed by atoms with Crippen molar-refractivity contribution in [1.82, 2.24) is 4.57 Å². The standard InChI is InChI=1S/C52H34N2O/c1-3-15-37(16-4-1)42-32-33-48(51-44-21-10-12-25-49(44)55-52(42)51)54(41-30-28-36(29-31-41)39-27-26-35-14-7-8-17-38(35)34-39)47-24-13-23-46-50(47)43-20-9-11-22-45(43)53(46)40-18-5-2-6-19-40/h1-34H/i2D,5D,6D,18D,19D. The Balaban J connectivity index is 1.22. The first-order chi connectivity index (χ1) is 29.4. The number of anilines is 3. The molecule has 55 heavy (non-hydrogen) atoms. The highest BCUT2D eigenvalue weighted by molar-refractivity contribution is 6.21. The fourth-order valence-electron chi connectivity index (χ4n) is 8.20. The molecule has 0 aliphatic rings. The van der Waals surface area contributed by atoms with Gasteiger partial charge in [0.05, 0.1) is 34.6 Å². The Hall–Kier alpha value is -7.36. The smallest absolute Gasteiger partial charge is 0.145 e. The van der Waals surface area contributed by atoms with Gasteiger partial charge in [-0.25, -0.2) is 0 Å². The molecule has 0 amide bonds. The van der Waals surface area contributed by atoms with Gasteiger partial charge in [0, 0.05) is 33.1 Å². The number of benzene rings is 9. The molecule has 0 fully saturated rings. The molecule has 0 unspecified atom stereocenters. The van der Waals surface area contributed by atoms with Crippen molar-refractivity contribution in [3.63, 3.8) is 0 Å². The summed E-state index contributed by atoms with van der Waals surface area (Å²) in [7, 11) is 0. The van der Waals surface area contributed by atoms with Gasteiger partial charge in [-0.15, -0.1) is 0 Å². The van der Waals surface area contributed by atoms with Gasteiger partial charge in [-0.2, -0.15) is 0 Å². The van der Waals surface area contributed by atoms with Gasteiger partial charge < -0.3 is 13.9 Å². The molecule has 2 heterocycles. The normalized spacial score (nSPS) is 12.9. The van der Waals surface area contributed by atoms with Crippen molar-refractivity contribution in [2.45, 2.75) is 0 Å². The minimum Gasteiger partial charge on any atom is -0.455 e. The number of furan rings is 1. The highest BCUT2D eigenvalue weighted by atomic mass is 16.3. The molecule has 2 aromatic heterocycles. The van der Waals surface area contributed by atoms with E-state index in [1.165, 1.54) is 10.8 Å². The molecule has 0 saturated carbocycles. The lowest BCUT2D eigenvalue weighted by atomic mass is 9.98. The average Bonchev–Trinajstić information content (AvgIpc) is 3.85. The third kappa shape index (κ3) is 5.05. The molecule has 0 atom stereocenters. The van der Waals surface area contributed by atoms with Crippen LogP contribution in [0.25, 0.3) is 82.5 Å². The second-order valence-corrected chi connectivity index (χ2v) is 13.7. The summed E-state index contributed by atoms with van der Waals surface area (Å²) in [5.74, 6) is 0. The van der Waals surface area contributed by atoms with E-state index in [9.17, 15) is 0 Å². The first kappa shape index (κ1) is 26.4. The van der Waals surface area contributed by atoms with E-state index in [0.717, 1.165) is 77.5 Å². The Bertz CT molecular complexity index is 3470. The van der Waals surface area contributed by atoms with E-state index >= 15 is 0 Å². The Morgan fingerprint density at radius 1 is 0.473 bits per heavy atom. The number of hydrogen-bond donors (Lipinski definition) is 0. The van der Waals surface area contributed by atoms with Crippen molar-refractivity contribution in [3.8, 4) is 27.9 Å². The zero-order valence-electron chi connectivity index (χ0n) is 34.5. The molecule has 0 saturated heterocycles. The lowest BCUT2D eigenvalue weighted by Crippen LogP contribution is -2.11. The molecule has 3 heteroatoms. The monoisotopic (exact) mass is 707 g/mol. The van der Waals surface area contributed by atoms with E-state index in [2.05, 4.69) is 108 Å². The van der Waals surface area contributed by atoms with Gasteiger partial charge in [0.25, 0.3) is 0 Å². The minimum atomic E-state index is -0.427. The highest BCUT2D eigenvalue weighted by Crippen LogP contribution is 2.49. The number of fused-ring (bicyclic) bond motifs is 7. The fourth-order valence-corrected chi connectivity index (χ4v) is 8.20. The van der Waals surface area contributed by atoms with E-state index in [-0.39, 0.29) is 29.9 Å². The van der Waals surface area contributed by atoms with Crippen LogP contribution in [0.3, 0.4) is 0 Å². The van der Waals surface area contributed by atoms with E-state index in [1.54, 1.807) is 0 Å². The van der Waals surface area contributed by atoms with E-state index in [0.29, 0.717) is 5.52 Å². The number of nitrogens with zero attached hydrogens (tertiary/aromatic N) is 2. The second kappa shape index (κ2) is 12.6. The van der Waals surface area contributed by atoms with Crippen LogP contribution in [0.5, 0.6) is 0 Å². The van der Waals surface area contributed by atoms with E-state index in [4.69, 9.17) is 11.3 Å². The molecule has 11 rings (SSSR count). The maximum Gasteiger partial charge on any atom is 0.145 e. The Morgan fingerprint density at radius 2 is 1.16 bits per heavy atom. The van der Waals surface area contributed by atoms with Crippen molar-refractivity contribution in [3.05, 3.63) is 206 Å². The average molecular weight is 708 g/mol. The Labute approximate surface area is 325 Å². The maximum absolute atomic E-state index is 9.03. The Morgan fingerprint density at radius 3 is 2.02 bits per heavy atom. The molecule has 0 bridgehead atoms. The largest absolute Gasteiger partial charge is 0.455 e. The van der Waals surface area contributed by atoms with E-state index < -0.39 is 6.04 Å². The van der Waals surface area contributed by atoms with Crippen LogP contribution in [-0.2, 0) is 0 Å². The molecule has 0 aliphatic heterocycles. The van der Waals surface area contributed by atoms with Crippen molar-refractivity contribution in [1.29, 1.82) is 0 Å². The first-order valence-electron chi connectivity index (χ1n) is 20.9. The van der Waals surface area contributed by atoms with Crippen molar-refractivity contribution >= 4 is 71.6 Å². The van der Waals surface area contributed by atoms with Gasteiger partial charge in [0.2, 0.25) is 0 Å². The van der Waals surface area contributed by atoms with Gasteiger partial charge in [0.15, 0.2) is 0 Å². The molecular formula is C52H34N2O. The summed E-state index contributed by atoms with van der Waals surface area (Å²) in [6, 6.07) is 58.4. The molecule has 0 N–H and O–H groups in total. The molecular weight excluding hydrogens is 669 g/mol. The predicted octanol–water partition coefficient (Wildman–Crippen LogP) is 14.6. The number of para-hydroxylation sites is 3. The van der Waals surface area contributed by atoms with Crippen LogP contribution in [0.15, 0.2) is 211 Å². The zero-order chi connectivity index (χ0) is 40.6. The minimum absolute atomic E-state index is 0.103. The number of hydrogen-bond acceptors (Lipinski definition) is 2. The van der Waals surface area contributed by atoms with Crippen molar-refractivity contribution in [2.75, 3.05) is 4.90 Å². The summed E-state index contributed by atoms with van der Waals surface area (Å²) in [6.07, 6.45) is 0. The van der Waals surface area contributed by atoms with Crippen molar-refractivity contribution in [2.24, 2.45) is 0 Å². The van der Waals surface area contributed by atoms with Gasteiger partial charge in [-0.05, 0) is 94.1 Å². The lowest BCUT2D eigenvalue weighted by molar-refractivity contribution is 0.670. The van der Waals surface area contributed by atoms with Crippen LogP contribution in [0.4, 0.5) is 17.1 Å².